The van der Waals surface area contributed by atoms with Crippen molar-refractivity contribution < 1.29 is 80.2 Å². The Hall–Kier alpha value is -2.46. The highest BCUT2D eigenvalue weighted by atomic mass is 31.2. The lowest BCUT2D eigenvalue weighted by Crippen LogP contribution is -2.30. The molecule has 0 saturated carbocycles. The maximum Gasteiger partial charge on any atom is 0.472 e. The van der Waals surface area contributed by atoms with E-state index in [0.29, 0.717) is 31.6 Å². The van der Waals surface area contributed by atoms with Crippen LogP contribution in [-0.2, 0) is 65.4 Å². The minimum Gasteiger partial charge on any atom is -0.462 e. The lowest BCUT2D eigenvalue weighted by molar-refractivity contribution is -0.161. The molecule has 0 spiro atoms. The molecular weight excluding hydrogens is 1220 g/mol. The fourth-order valence-corrected chi connectivity index (χ4v) is 12.3. The zero-order valence-corrected chi connectivity index (χ0v) is 61.8. The fraction of sp³-hybridized carbons (Fsp3) is 0.892. The van der Waals surface area contributed by atoms with E-state index in [2.05, 4.69) is 65.8 Å². The maximum atomic E-state index is 13.1. The number of hydrogen-bond acceptors (Lipinski definition) is 15. The summed E-state index contributed by atoms with van der Waals surface area (Å²) in [6.45, 7) is 9.45. The summed E-state index contributed by atoms with van der Waals surface area (Å²) in [4.78, 5) is 72.6. The molecule has 0 aromatic rings. The number of esters is 4. The van der Waals surface area contributed by atoms with Gasteiger partial charge in [-0.05, 0) is 63.2 Å². The van der Waals surface area contributed by atoms with Crippen LogP contribution in [0.25, 0.3) is 0 Å². The molecule has 0 aromatic heterocycles. The van der Waals surface area contributed by atoms with Crippen molar-refractivity contribution in [1.29, 1.82) is 0 Å². The lowest BCUT2D eigenvalue weighted by atomic mass is 10.0. The average molecular weight is 1360 g/mol. The number of allylic oxidation sites excluding steroid dienone is 4. The van der Waals surface area contributed by atoms with Gasteiger partial charge in [0, 0.05) is 25.7 Å². The van der Waals surface area contributed by atoms with Gasteiger partial charge in [-0.2, -0.15) is 0 Å². The Morgan fingerprint density at radius 3 is 0.882 bits per heavy atom. The molecule has 0 radical (unpaired) electrons. The van der Waals surface area contributed by atoms with Gasteiger partial charge < -0.3 is 33.8 Å². The second-order valence-electron chi connectivity index (χ2n) is 27.0. The van der Waals surface area contributed by atoms with Gasteiger partial charge in [0.25, 0.3) is 0 Å². The number of carbonyl (C=O) groups is 4. The summed E-state index contributed by atoms with van der Waals surface area (Å²) < 4.78 is 68.3. The molecule has 2 unspecified atom stereocenters. The average Bonchev–Trinajstić information content (AvgIpc) is 1.45. The van der Waals surface area contributed by atoms with E-state index in [9.17, 15) is 43.2 Å². The Morgan fingerprint density at radius 2 is 0.581 bits per heavy atom. The predicted molar refractivity (Wildman–Crippen MR) is 377 cm³/mol. The van der Waals surface area contributed by atoms with Crippen molar-refractivity contribution in [2.24, 2.45) is 11.8 Å². The summed E-state index contributed by atoms with van der Waals surface area (Å²) >= 11 is 0. The van der Waals surface area contributed by atoms with Crippen LogP contribution in [0.2, 0.25) is 0 Å². The van der Waals surface area contributed by atoms with Crippen molar-refractivity contribution in [3.63, 3.8) is 0 Å². The Kier molecular flexibility index (Phi) is 63.7. The smallest absolute Gasteiger partial charge is 0.462 e. The number of aliphatic hydroxyl groups is 1. The van der Waals surface area contributed by atoms with Crippen molar-refractivity contribution in [1.82, 2.24) is 0 Å². The number of unbranched alkanes of at least 4 members (excludes halogenated alkanes) is 38. The number of phosphoric ester groups is 2. The summed E-state index contributed by atoms with van der Waals surface area (Å²) in [7, 11) is -9.92. The minimum absolute atomic E-state index is 0.101. The quantitative estimate of drug-likeness (QED) is 0.0169. The third-order valence-electron chi connectivity index (χ3n) is 16.6. The van der Waals surface area contributed by atoms with Gasteiger partial charge >= 0.3 is 39.5 Å². The van der Waals surface area contributed by atoms with Crippen molar-refractivity contribution in [3.05, 3.63) is 24.3 Å². The van der Waals surface area contributed by atoms with Gasteiger partial charge in [0.15, 0.2) is 12.2 Å². The first-order valence-electron chi connectivity index (χ1n) is 37.8. The molecule has 19 heteroatoms. The number of hydrogen-bond donors (Lipinski definition) is 3. The summed E-state index contributed by atoms with van der Waals surface area (Å²) in [5.41, 5.74) is 0. The minimum atomic E-state index is -4.96. The van der Waals surface area contributed by atoms with E-state index in [1.807, 2.05) is 0 Å². The third-order valence-corrected chi connectivity index (χ3v) is 18.5. The van der Waals surface area contributed by atoms with Crippen molar-refractivity contribution in [3.8, 4) is 0 Å². The fourth-order valence-electron chi connectivity index (χ4n) is 10.8. The van der Waals surface area contributed by atoms with Crippen LogP contribution in [0.5, 0.6) is 0 Å². The molecule has 3 N–H and O–H groups in total. The highest BCUT2D eigenvalue weighted by molar-refractivity contribution is 7.47. The Labute approximate surface area is 567 Å². The zero-order valence-electron chi connectivity index (χ0n) is 60.0. The first kappa shape index (κ1) is 90.5. The summed E-state index contributed by atoms with van der Waals surface area (Å²) in [6, 6.07) is 0. The largest absolute Gasteiger partial charge is 0.472 e. The molecule has 93 heavy (non-hydrogen) atoms. The SMILES string of the molecule is CCCCCC/C=C\C=C/CCCCCCCC(=O)OC[C@H](COP(=O)(O)OC[C@@H](O)COP(=O)(O)OC[C@@H](COC(=O)CCCCCCCCC(C)C)OC(=O)CCCCCCCCCCCCC)OC(=O)CCCCCCCCCCCCCCCCCC(C)C. The molecule has 548 valence electrons. The molecule has 0 heterocycles. The molecule has 0 aliphatic heterocycles. The third kappa shape index (κ3) is 67.9. The Morgan fingerprint density at radius 1 is 0.333 bits per heavy atom. The molecule has 0 fully saturated rings. The van der Waals surface area contributed by atoms with Crippen molar-refractivity contribution in [2.75, 3.05) is 39.6 Å². The van der Waals surface area contributed by atoms with Gasteiger partial charge in [0.05, 0.1) is 26.4 Å². The molecule has 0 rings (SSSR count). The summed E-state index contributed by atoms with van der Waals surface area (Å²) in [6.07, 6.45) is 55.0. The van der Waals surface area contributed by atoms with Crippen LogP contribution in [0.3, 0.4) is 0 Å². The maximum absolute atomic E-state index is 13.1. The predicted octanol–water partition coefficient (Wildman–Crippen LogP) is 21.1. The van der Waals surface area contributed by atoms with Crippen molar-refractivity contribution in [2.45, 2.75) is 374 Å². The summed E-state index contributed by atoms with van der Waals surface area (Å²) in [5, 5.41) is 10.6. The molecule has 0 aliphatic carbocycles. The number of aliphatic hydroxyl groups excluding tert-OH is 1. The lowest BCUT2D eigenvalue weighted by Gasteiger charge is -2.21. The highest BCUT2D eigenvalue weighted by Crippen LogP contribution is 2.45. The first-order valence-corrected chi connectivity index (χ1v) is 40.8. The van der Waals surface area contributed by atoms with Crippen LogP contribution in [0.1, 0.15) is 356 Å². The second kappa shape index (κ2) is 65.5. The summed E-state index contributed by atoms with van der Waals surface area (Å²) in [5.74, 6) is -0.672. The van der Waals surface area contributed by atoms with Gasteiger partial charge in [0.2, 0.25) is 0 Å². The normalized spacial score (nSPS) is 14.2. The van der Waals surface area contributed by atoms with E-state index >= 15 is 0 Å². The topological polar surface area (TPSA) is 237 Å². The van der Waals surface area contributed by atoms with E-state index in [1.165, 1.54) is 148 Å². The second-order valence-corrected chi connectivity index (χ2v) is 29.9. The zero-order chi connectivity index (χ0) is 68.6. The van der Waals surface area contributed by atoms with Crippen LogP contribution < -0.4 is 0 Å². The van der Waals surface area contributed by atoms with E-state index < -0.39 is 97.5 Å². The van der Waals surface area contributed by atoms with Crippen LogP contribution in [0.4, 0.5) is 0 Å². The molecule has 0 amide bonds. The van der Waals surface area contributed by atoms with Crippen molar-refractivity contribution >= 4 is 39.5 Å². The highest BCUT2D eigenvalue weighted by Gasteiger charge is 2.30. The van der Waals surface area contributed by atoms with Crippen LogP contribution in [-0.4, -0.2) is 96.7 Å². The molecule has 0 bridgehead atoms. The van der Waals surface area contributed by atoms with Crippen LogP contribution in [0, 0.1) is 11.8 Å². The molecule has 5 atom stereocenters. The molecule has 17 nitrogen and oxygen atoms in total. The van der Waals surface area contributed by atoms with Gasteiger partial charge in [-0.1, -0.05) is 303 Å². The van der Waals surface area contributed by atoms with E-state index in [0.717, 1.165) is 121 Å². The molecular formula is C74H140O17P2. The Bertz CT molecular complexity index is 1900. The van der Waals surface area contributed by atoms with Gasteiger partial charge in [0.1, 0.15) is 19.3 Å². The number of rotatable bonds is 71. The number of carbonyl (C=O) groups excluding carboxylic acids is 4. The Balaban J connectivity index is 5.26. The van der Waals surface area contributed by atoms with Crippen LogP contribution in [0.15, 0.2) is 24.3 Å². The van der Waals surface area contributed by atoms with E-state index in [-0.39, 0.29) is 25.7 Å². The molecule has 0 saturated heterocycles. The number of phosphoric acid groups is 2. The van der Waals surface area contributed by atoms with Gasteiger partial charge in [-0.3, -0.25) is 37.3 Å². The van der Waals surface area contributed by atoms with Gasteiger partial charge in [-0.15, -0.1) is 0 Å². The first-order chi connectivity index (χ1) is 44.9. The van der Waals surface area contributed by atoms with Gasteiger partial charge in [-0.25, -0.2) is 9.13 Å². The van der Waals surface area contributed by atoms with E-state index in [1.54, 1.807) is 0 Å². The number of ether oxygens (including phenoxy) is 4. The monoisotopic (exact) mass is 1360 g/mol. The molecule has 0 aromatic carbocycles. The van der Waals surface area contributed by atoms with E-state index in [4.69, 9.17) is 37.0 Å². The van der Waals surface area contributed by atoms with Crippen LogP contribution >= 0.6 is 15.6 Å². The standard InChI is InChI=1S/C74H140O17P2/c1-7-9-11-13-15-17-19-20-22-26-30-33-37-44-50-56-71(76)84-62-69(90-74(79)59-53-47-39-35-31-27-24-21-23-25-29-32-36-42-48-54-66(3)4)64-88-92(80,81)86-60-68(75)61-87-93(82,83)89-65-70(63-85-72(77)57-51-45-41-40-43-49-55-67(5)6)91-73(78)58-52-46-38-34-28-18-16-14-12-10-8-2/h17,19-20,22,66-70,75H,7-16,18,21,23-65H2,1-6H3,(H,80,81)(H,82,83)/b19-17-,22-20-/t68-,69-,70-/m1/s1. The molecule has 0 aliphatic rings.